The number of hydrogen-bond acceptors (Lipinski definition) is 6. The Morgan fingerprint density at radius 2 is 1.81 bits per heavy atom. The molecule has 3 rings (SSSR count). The Morgan fingerprint density at radius 3 is 2.55 bits per heavy atom. The van der Waals surface area contributed by atoms with Crippen LogP contribution in [0.3, 0.4) is 0 Å². The summed E-state index contributed by atoms with van der Waals surface area (Å²) in [5.74, 6) is 0.487. The second kappa shape index (κ2) is 10.8. The first-order valence-corrected chi connectivity index (χ1v) is 9.71. The molecule has 0 fully saturated rings. The first-order chi connectivity index (χ1) is 15.0. The van der Waals surface area contributed by atoms with Crippen LogP contribution in [0.2, 0.25) is 0 Å². The average Bonchev–Trinajstić information content (AvgIpc) is 3.30. The maximum Gasteiger partial charge on any atom is 0.291 e. The fraction of sp³-hybridized carbons (Fsp3) is 0.217. The van der Waals surface area contributed by atoms with Gasteiger partial charge in [0.05, 0.1) is 6.26 Å². The summed E-state index contributed by atoms with van der Waals surface area (Å²) in [5, 5.41) is 15.3. The van der Waals surface area contributed by atoms with Crippen LogP contribution in [0.5, 0.6) is 11.5 Å². The lowest BCUT2D eigenvalue weighted by Crippen LogP contribution is -2.37. The van der Waals surface area contributed by atoms with Crippen molar-refractivity contribution in [2.24, 2.45) is 0 Å². The zero-order chi connectivity index (χ0) is 22.1. The molecule has 1 heterocycles. The number of aliphatic hydroxyl groups excluding tert-OH is 1. The predicted octanol–water partition coefficient (Wildman–Crippen LogP) is 2.78. The van der Waals surface area contributed by atoms with Crippen molar-refractivity contribution in [1.82, 2.24) is 5.32 Å². The first-order valence-electron chi connectivity index (χ1n) is 9.71. The number of carbonyl (C=O) groups is 2. The van der Waals surface area contributed by atoms with Crippen LogP contribution < -0.4 is 20.1 Å². The Labute approximate surface area is 179 Å². The zero-order valence-corrected chi connectivity index (χ0v) is 17.0. The topological polar surface area (TPSA) is 110 Å². The number of furan rings is 1. The third kappa shape index (κ3) is 7.20. The number of anilines is 1. The highest BCUT2D eigenvalue weighted by molar-refractivity contribution is 6.02. The molecule has 0 saturated carbocycles. The van der Waals surface area contributed by atoms with Gasteiger partial charge in [0.15, 0.2) is 12.4 Å². The summed E-state index contributed by atoms with van der Waals surface area (Å²) in [5.41, 5.74) is 1.56. The van der Waals surface area contributed by atoms with Crippen molar-refractivity contribution in [2.45, 2.75) is 13.0 Å². The van der Waals surface area contributed by atoms with Crippen molar-refractivity contribution in [3.63, 3.8) is 0 Å². The van der Waals surface area contributed by atoms with Gasteiger partial charge in [0.1, 0.15) is 24.2 Å². The molecule has 1 aromatic heterocycles. The number of amides is 2. The predicted molar refractivity (Wildman–Crippen MR) is 114 cm³/mol. The van der Waals surface area contributed by atoms with E-state index in [9.17, 15) is 14.7 Å². The number of rotatable bonds is 10. The van der Waals surface area contributed by atoms with Gasteiger partial charge in [0.2, 0.25) is 0 Å². The van der Waals surface area contributed by atoms with E-state index in [4.69, 9.17) is 13.9 Å². The smallest absolute Gasteiger partial charge is 0.291 e. The SMILES string of the molecule is Cc1cccc(OCC(O)CNC(=O)COc2cccc(NC(=O)c3ccco3)c2)c1. The maximum absolute atomic E-state index is 12.0. The van der Waals surface area contributed by atoms with Crippen LogP contribution >= 0.6 is 0 Å². The fourth-order valence-corrected chi connectivity index (χ4v) is 2.65. The summed E-state index contributed by atoms with van der Waals surface area (Å²) in [6, 6.07) is 17.3. The van der Waals surface area contributed by atoms with Crippen molar-refractivity contribution in [1.29, 1.82) is 0 Å². The van der Waals surface area contributed by atoms with Crippen LogP contribution in [0, 0.1) is 6.92 Å². The van der Waals surface area contributed by atoms with Gasteiger partial charge in [-0.1, -0.05) is 18.2 Å². The monoisotopic (exact) mass is 424 g/mol. The van der Waals surface area contributed by atoms with Gasteiger partial charge in [-0.05, 0) is 48.9 Å². The molecule has 1 unspecified atom stereocenters. The third-order valence-corrected chi connectivity index (χ3v) is 4.17. The van der Waals surface area contributed by atoms with Gasteiger partial charge in [0.25, 0.3) is 11.8 Å². The van der Waals surface area contributed by atoms with Crippen LogP contribution in [0.1, 0.15) is 16.1 Å². The molecule has 31 heavy (non-hydrogen) atoms. The fourth-order valence-electron chi connectivity index (χ4n) is 2.65. The van der Waals surface area contributed by atoms with Crippen LogP contribution in [-0.4, -0.2) is 42.8 Å². The highest BCUT2D eigenvalue weighted by atomic mass is 16.5. The molecule has 8 nitrogen and oxygen atoms in total. The lowest BCUT2D eigenvalue weighted by atomic mass is 10.2. The molecule has 2 aromatic carbocycles. The van der Waals surface area contributed by atoms with Crippen LogP contribution in [0.4, 0.5) is 5.69 Å². The van der Waals surface area contributed by atoms with E-state index < -0.39 is 6.10 Å². The molecule has 0 aliphatic carbocycles. The largest absolute Gasteiger partial charge is 0.491 e. The molecule has 3 N–H and O–H groups in total. The van der Waals surface area contributed by atoms with Gasteiger partial charge >= 0.3 is 0 Å². The van der Waals surface area contributed by atoms with E-state index in [1.807, 2.05) is 25.1 Å². The maximum atomic E-state index is 12.0. The summed E-state index contributed by atoms with van der Waals surface area (Å²) in [6.45, 7) is 1.81. The van der Waals surface area contributed by atoms with Gasteiger partial charge in [-0.3, -0.25) is 9.59 Å². The molecule has 0 radical (unpaired) electrons. The van der Waals surface area contributed by atoms with E-state index in [1.165, 1.54) is 6.26 Å². The van der Waals surface area contributed by atoms with Gasteiger partial charge < -0.3 is 29.6 Å². The molecule has 162 valence electrons. The molecule has 0 saturated heterocycles. The van der Waals surface area contributed by atoms with E-state index in [1.54, 1.807) is 42.5 Å². The van der Waals surface area contributed by atoms with Crippen LogP contribution in [0.15, 0.2) is 71.3 Å². The Bertz CT molecular complexity index is 1000. The lowest BCUT2D eigenvalue weighted by molar-refractivity contribution is -0.123. The molecular formula is C23H24N2O6. The lowest BCUT2D eigenvalue weighted by Gasteiger charge is -2.14. The highest BCUT2D eigenvalue weighted by Crippen LogP contribution is 2.18. The molecule has 0 aliphatic rings. The number of benzene rings is 2. The number of aryl methyl sites for hydroxylation is 1. The van der Waals surface area contributed by atoms with Crippen molar-refractivity contribution in [2.75, 3.05) is 25.1 Å². The summed E-state index contributed by atoms with van der Waals surface area (Å²) in [4.78, 5) is 24.0. The minimum Gasteiger partial charge on any atom is -0.491 e. The van der Waals surface area contributed by atoms with E-state index >= 15 is 0 Å². The molecule has 2 amide bonds. The number of carbonyl (C=O) groups excluding carboxylic acids is 2. The normalized spacial score (nSPS) is 11.4. The summed E-state index contributed by atoms with van der Waals surface area (Å²) >= 11 is 0. The van der Waals surface area contributed by atoms with E-state index in [0.29, 0.717) is 17.2 Å². The van der Waals surface area contributed by atoms with Crippen molar-refractivity contribution >= 4 is 17.5 Å². The Balaban J connectivity index is 1.38. The van der Waals surface area contributed by atoms with Crippen molar-refractivity contribution in [3.05, 3.63) is 78.3 Å². The third-order valence-electron chi connectivity index (χ3n) is 4.17. The van der Waals surface area contributed by atoms with E-state index in [2.05, 4.69) is 10.6 Å². The standard InChI is InChI=1S/C23H24N2O6/c1-16-5-2-7-19(11-16)30-14-18(26)13-24-22(27)15-31-20-8-3-6-17(12-20)25-23(28)21-9-4-10-29-21/h2-12,18,26H,13-15H2,1H3,(H,24,27)(H,25,28). The van der Waals surface area contributed by atoms with Gasteiger partial charge in [-0.15, -0.1) is 0 Å². The minimum atomic E-state index is -0.857. The molecule has 0 bridgehead atoms. The van der Waals surface area contributed by atoms with Crippen molar-refractivity contribution < 1.29 is 28.6 Å². The molecule has 8 heteroatoms. The van der Waals surface area contributed by atoms with Gasteiger partial charge in [-0.2, -0.15) is 0 Å². The zero-order valence-electron chi connectivity index (χ0n) is 17.0. The van der Waals surface area contributed by atoms with E-state index in [-0.39, 0.29) is 37.3 Å². The second-order valence-electron chi connectivity index (χ2n) is 6.83. The van der Waals surface area contributed by atoms with Gasteiger partial charge in [0, 0.05) is 18.3 Å². The number of ether oxygens (including phenoxy) is 2. The Kier molecular flexibility index (Phi) is 7.67. The minimum absolute atomic E-state index is 0.0350. The summed E-state index contributed by atoms with van der Waals surface area (Å²) in [6.07, 6.45) is 0.559. The summed E-state index contributed by atoms with van der Waals surface area (Å²) in [7, 11) is 0. The average molecular weight is 424 g/mol. The van der Waals surface area contributed by atoms with Gasteiger partial charge in [-0.25, -0.2) is 0 Å². The summed E-state index contributed by atoms with van der Waals surface area (Å²) < 4.78 is 16.0. The number of nitrogens with one attached hydrogen (secondary N) is 2. The quantitative estimate of drug-likeness (QED) is 0.462. The molecule has 1 atom stereocenters. The highest BCUT2D eigenvalue weighted by Gasteiger charge is 2.11. The molecule has 0 spiro atoms. The molecule has 3 aromatic rings. The molecule has 0 aliphatic heterocycles. The molecular weight excluding hydrogens is 400 g/mol. The second-order valence-corrected chi connectivity index (χ2v) is 6.83. The Morgan fingerprint density at radius 1 is 1.03 bits per heavy atom. The van der Waals surface area contributed by atoms with Crippen molar-refractivity contribution in [3.8, 4) is 11.5 Å². The first kappa shape index (κ1) is 21.9. The number of aliphatic hydroxyl groups is 1. The van der Waals surface area contributed by atoms with Crippen LogP contribution in [-0.2, 0) is 4.79 Å². The number of hydrogen-bond donors (Lipinski definition) is 3. The Hall–Kier alpha value is -3.78. The van der Waals surface area contributed by atoms with Crippen LogP contribution in [0.25, 0.3) is 0 Å². The van der Waals surface area contributed by atoms with E-state index in [0.717, 1.165) is 5.56 Å².